The average molecular weight is 223 g/mol. The maximum absolute atomic E-state index is 10.1. The van der Waals surface area contributed by atoms with E-state index in [4.69, 9.17) is 0 Å². The molecule has 2 nitrogen and oxygen atoms in total. The molecule has 0 spiro atoms. The molecule has 0 saturated heterocycles. The van der Waals surface area contributed by atoms with Crippen LogP contribution in [0.5, 0.6) is 0 Å². The van der Waals surface area contributed by atoms with Gasteiger partial charge >= 0.3 is 0 Å². The van der Waals surface area contributed by atoms with Gasteiger partial charge in [-0.1, -0.05) is 18.9 Å². The fourth-order valence-corrected chi connectivity index (χ4v) is 2.66. The van der Waals surface area contributed by atoms with E-state index in [-0.39, 0.29) is 0 Å². The normalized spacial score (nSPS) is 23.7. The van der Waals surface area contributed by atoms with Crippen molar-refractivity contribution in [3.05, 3.63) is 28.2 Å². The highest BCUT2D eigenvalue weighted by molar-refractivity contribution is 7.09. The summed E-state index contributed by atoms with van der Waals surface area (Å²) in [6.07, 6.45) is 10.7. The molecule has 2 rings (SSSR count). The van der Waals surface area contributed by atoms with E-state index in [1.165, 1.54) is 42.6 Å². The summed E-state index contributed by atoms with van der Waals surface area (Å²) in [5, 5.41) is 12.9. The third kappa shape index (κ3) is 2.89. The highest BCUT2D eigenvalue weighted by atomic mass is 32.1. The molecule has 1 heterocycles. The molecule has 1 aromatic rings. The Bertz CT molecular complexity index is 318. The van der Waals surface area contributed by atoms with Crippen molar-refractivity contribution in [1.82, 2.24) is 4.98 Å². The second-order valence-electron chi connectivity index (χ2n) is 4.00. The van der Waals surface area contributed by atoms with Crippen LogP contribution < -0.4 is 0 Å². The largest absolute Gasteiger partial charge is 0.381 e. The summed E-state index contributed by atoms with van der Waals surface area (Å²) < 4.78 is 0. The van der Waals surface area contributed by atoms with Crippen molar-refractivity contribution in [3.8, 4) is 0 Å². The molecule has 1 unspecified atom stereocenters. The zero-order valence-electron chi connectivity index (χ0n) is 8.85. The third-order valence-corrected chi connectivity index (χ3v) is 3.69. The number of thiazole rings is 1. The van der Waals surface area contributed by atoms with Gasteiger partial charge in [-0.05, 0) is 31.3 Å². The summed E-state index contributed by atoms with van der Waals surface area (Å²) in [4.78, 5) is 4.17. The second kappa shape index (κ2) is 5.42. The minimum atomic E-state index is -0.455. The van der Waals surface area contributed by atoms with E-state index >= 15 is 0 Å². The Morgan fingerprint density at radius 3 is 2.93 bits per heavy atom. The molecular weight excluding hydrogens is 206 g/mol. The lowest BCUT2D eigenvalue weighted by Crippen LogP contribution is -2.03. The SMILES string of the molecule is OC(/C1=C/CCCCCC1)c1nccs1. The van der Waals surface area contributed by atoms with Crippen LogP contribution in [0.1, 0.15) is 49.6 Å². The average Bonchev–Trinajstić information content (AvgIpc) is 2.68. The highest BCUT2D eigenvalue weighted by Crippen LogP contribution is 2.29. The first kappa shape index (κ1) is 10.8. The Kier molecular flexibility index (Phi) is 3.92. The van der Waals surface area contributed by atoms with Crippen molar-refractivity contribution in [2.24, 2.45) is 0 Å². The van der Waals surface area contributed by atoms with Crippen molar-refractivity contribution in [1.29, 1.82) is 0 Å². The van der Waals surface area contributed by atoms with E-state index in [0.717, 1.165) is 17.8 Å². The number of hydrogen-bond acceptors (Lipinski definition) is 3. The first-order valence-corrected chi connectivity index (χ1v) is 6.52. The second-order valence-corrected chi connectivity index (χ2v) is 4.93. The van der Waals surface area contributed by atoms with Gasteiger partial charge in [-0.25, -0.2) is 4.98 Å². The zero-order valence-corrected chi connectivity index (χ0v) is 9.67. The van der Waals surface area contributed by atoms with Gasteiger partial charge in [0.25, 0.3) is 0 Å². The molecule has 0 aliphatic heterocycles. The van der Waals surface area contributed by atoms with Gasteiger partial charge in [0.05, 0.1) is 0 Å². The highest BCUT2D eigenvalue weighted by Gasteiger charge is 2.15. The predicted octanol–water partition coefficient (Wildman–Crippen LogP) is 3.46. The minimum absolute atomic E-state index is 0.455. The maximum atomic E-state index is 10.1. The van der Waals surface area contributed by atoms with E-state index in [9.17, 15) is 5.11 Å². The molecule has 1 atom stereocenters. The number of aromatic nitrogens is 1. The van der Waals surface area contributed by atoms with E-state index < -0.39 is 6.10 Å². The molecule has 15 heavy (non-hydrogen) atoms. The molecule has 0 saturated carbocycles. The molecule has 0 radical (unpaired) electrons. The van der Waals surface area contributed by atoms with Crippen molar-refractivity contribution >= 4 is 11.3 Å². The Morgan fingerprint density at radius 1 is 1.27 bits per heavy atom. The Hall–Kier alpha value is -0.670. The van der Waals surface area contributed by atoms with Crippen LogP contribution in [-0.2, 0) is 0 Å². The maximum Gasteiger partial charge on any atom is 0.127 e. The fourth-order valence-electron chi connectivity index (χ4n) is 1.99. The van der Waals surface area contributed by atoms with E-state index in [0.29, 0.717) is 0 Å². The lowest BCUT2D eigenvalue weighted by Gasteiger charge is -2.15. The van der Waals surface area contributed by atoms with Crippen molar-refractivity contribution in [2.45, 2.75) is 44.6 Å². The van der Waals surface area contributed by atoms with Gasteiger partial charge in [0, 0.05) is 11.6 Å². The topological polar surface area (TPSA) is 33.1 Å². The molecule has 1 aromatic heterocycles. The van der Waals surface area contributed by atoms with Crippen LogP contribution in [0.4, 0.5) is 0 Å². The molecule has 0 amide bonds. The number of rotatable bonds is 2. The number of allylic oxidation sites excluding steroid dienone is 1. The van der Waals surface area contributed by atoms with Crippen molar-refractivity contribution in [2.75, 3.05) is 0 Å². The van der Waals surface area contributed by atoms with Crippen LogP contribution in [0.3, 0.4) is 0 Å². The number of aliphatic hydroxyl groups excluding tert-OH is 1. The molecule has 82 valence electrons. The summed E-state index contributed by atoms with van der Waals surface area (Å²) in [5.41, 5.74) is 1.17. The number of nitrogens with zero attached hydrogens (tertiary/aromatic N) is 1. The molecule has 3 heteroatoms. The smallest absolute Gasteiger partial charge is 0.127 e. The molecule has 1 N–H and O–H groups in total. The number of aliphatic hydroxyl groups is 1. The van der Waals surface area contributed by atoms with Crippen LogP contribution in [0.2, 0.25) is 0 Å². The summed E-state index contributed by atoms with van der Waals surface area (Å²) >= 11 is 1.53. The van der Waals surface area contributed by atoms with E-state index in [1.54, 1.807) is 6.20 Å². The van der Waals surface area contributed by atoms with Gasteiger partial charge in [-0.3, -0.25) is 0 Å². The first-order valence-electron chi connectivity index (χ1n) is 5.64. The van der Waals surface area contributed by atoms with Gasteiger partial charge < -0.3 is 5.11 Å². The number of hydrogen-bond donors (Lipinski definition) is 1. The quantitative estimate of drug-likeness (QED) is 0.779. The van der Waals surface area contributed by atoms with Crippen molar-refractivity contribution in [3.63, 3.8) is 0 Å². The van der Waals surface area contributed by atoms with E-state index in [1.807, 2.05) is 5.38 Å². The van der Waals surface area contributed by atoms with Crippen LogP contribution in [0.15, 0.2) is 23.2 Å². The molecular formula is C12H17NOS. The van der Waals surface area contributed by atoms with Crippen LogP contribution in [-0.4, -0.2) is 10.1 Å². The van der Waals surface area contributed by atoms with Crippen LogP contribution >= 0.6 is 11.3 Å². The van der Waals surface area contributed by atoms with Gasteiger partial charge in [0.2, 0.25) is 0 Å². The summed E-state index contributed by atoms with van der Waals surface area (Å²) in [7, 11) is 0. The lowest BCUT2D eigenvalue weighted by molar-refractivity contribution is 0.208. The lowest BCUT2D eigenvalue weighted by atomic mass is 9.96. The Labute approximate surface area is 94.7 Å². The summed E-state index contributed by atoms with van der Waals surface area (Å²) in [6, 6.07) is 0. The molecule has 0 aromatic carbocycles. The van der Waals surface area contributed by atoms with Gasteiger partial charge in [-0.15, -0.1) is 11.3 Å². The zero-order chi connectivity index (χ0) is 10.5. The molecule has 0 bridgehead atoms. The molecule has 0 fully saturated rings. The predicted molar refractivity (Wildman–Crippen MR) is 62.9 cm³/mol. The van der Waals surface area contributed by atoms with E-state index in [2.05, 4.69) is 11.1 Å². The summed E-state index contributed by atoms with van der Waals surface area (Å²) in [6.45, 7) is 0. The first-order chi connectivity index (χ1) is 7.38. The summed E-state index contributed by atoms with van der Waals surface area (Å²) in [5.74, 6) is 0. The fraction of sp³-hybridized carbons (Fsp3) is 0.583. The van der Waals surface area contributed by atoms with Crippen molar-refractivity contribution < 1.29 is 5.11 Å². The van der Waals surface area contributed by atoms with Gasteiger partial charge in [0.1, 0.15) is 11.1 Å². The molecule has 1 aliphatic rings. The minimum Gasteiger partial charge on any atom is -0.381 e. The third-order valence-electron chi connectivity index (χ3n) is 2.86. The van der Waals surface area contributed by atoms with Gasteiger partial charge in [0.15, 0.2) is 0 Å². The van der Waals surface area contributed by atoms with Crippen LogP contribution in [0.25, 0.3) is 0 Å². The standard InChI is InChI=1S/C12H17NOS/c14-11(12-13-8-9-15-12)10-6-4-2-1-3-5-7-10/h6,8-9,11,14H,1-5,7H2/b10-6+. The van der Waals surface area contributed by atoms with Gasteiger partial charge in [-0.2, -0.15) is 0 Å². The Morgan fingerprint density at radius 2 is 2.13 bits per heavy atom. The van der Waals surface area contributed by atoms with Crippen LogP contribution in [0, 0.1) is 0 Å². The molecule has 1 aliphatic carbocycles. The monoisotopic (exact) mass is 223 g/mol. The Balaban J connectivity index is 2.07.